The van der Waals surface area contributed by atoms with Crippen molar-refractivity contribution < 1.29 is 24.5 Å². The summed E-state index contributed by atoms with van der Waals surface area (Å²) < 4.78 is 5.23. The molecule has 6 heteroatoms. The molecule has 0 aliphatic carbocycles. The van der Waals surface area contributed by atoms with E-state index >= 15 is 0 Å². The molecular weight excluding hydrogens is 214 g/mol. The molecule has 0 aromatic heterocycles. The Hall–Kier alpha value is -1.14. The van der Waals surface area contributed by atoms with E-state index in [1.54, 1.807) is 0 Å². The summed E-state index contributed by atoms with van der Waals surface area (Å²) in [6.45, 7) is 1.93. The van der Waals surface area contributed by atoms with E-state index in [1.165, 1.54) is 0 Å². The van der Waals surface area contributed by atoms with Gasteiger partial charge in [0.05, 0.1) is 18.6 Å². The van der Waals surface area contributed by atoms with E-state index in [0.29, 0.717) is 13.0 Å². The molecule has 0 aromatic carbocycles. The van der Waals surface area contributed by atoms with Gasteiger partial charge in [0.1, 0.15) is 6.04 Å². The van der Waals surface area contributed by atoms with Gasteiger partial charge in [0.15, 0.2) is 0 Å². The van der Waals surface area contributed by atoms with Crippen molar-refractivity contribution in [2.75, 3.05) is 13.2 Å². The second-order valence-electron chi connectivity index (χ2n) is 3.99. The number of rotatable bonds is 5. The number of aliphatic hydroxyl groups is 1. The van der Waals surface area contributed by atoms with Crippen LogP contribution in [0.4, 0.5) is 0 Å². The zero-order valence-corrected chi connectivity index (χ0v) is 9.18. The maximum Gasteiger partial charge on any atom is 0.326 e. The lowest BCUT2D eigenvalue weighted by Crippen LogP contribution is -2.44. The van der Waals surface area contributed by atoms with Gasteiger partial charge in [-0.2, -0.15) is 0 Å². The van der Waals surface area contributed by atoms with Crippen LogP contribution in [0.25, 0.3) is 0 Å². The first kappa shape index (κ1) is 12.9. The van der Waals surface area contributed by atoms with Crippen molar-refractivity contribution in [1.82, 2.24) is 5.32 Å². The third kappa shape index (κ3) is 3.46. The predicted octanol–water partition coefficient (Wildman–Crippen LogP) is -0.637. The SMILES string of the molecule is CC1CC(C(=O)N[C@H](CCO)C(=O)O)CO1. The second-order valence-corrected chi connectivity index (χ2v) is 3.99. The number of aliphatic carboxylic acids is 1. The van der Waals surface area contributed by atoms with E-state index in [4.69, 9.17) is 14.9 Å². The summed E-state index contributed by atoms with van der Waals surface area (Å²) in [5, 5.41) is 19.9. The third-order valence-corrected chi connectivity index (χ3v) is 2.60. The Morgan fingerprint density at radius 2 is 2.25 bits per heavy atom. The predicted molar refractivity (Wildman–Crippen MR) is 54.8 cm³/mol. The molecular formula is C10H17NO5. The molecule has 1 fully saturated rings. The summed E-state index contributed by atoms with van der Waals surface area (Å²) >= 11 is 0. The fraction of sp³-hybridized carbons (Fsp3) is 0.800. The van der Waals surface area contributed by atoms with Crippen LogP contribution in [0.1, 0.15) is 19.8 Å². The Balaban J connectivity index is 2.45. The Morgan fingerprint density at radius 3 is 2.69 bits per heavy atom. The molecule has 0 saturated carbocycles. The number of amides is 1. The van der Waals surface area contributed by atoms with Gasteiger partial charge in [-0.05, 0) is 13.3 Å². The van der Waals surface area contributed by atoms with Crippen LogP contribution in [0, 0.1) is 5.92 Å². The Morgan fingerprint density at radius 1 is 1.56 bits per heavy atom. The third-order valence-electron chi connectivity index (χ3n) is 2.60. The van der Waals surface area contributed by atoms with Gasteiger partial charge >= 0.3 is 5.97 Å². The lowest BCUT2D eigenvalue weighted by atomic mass is 10.0. The molecule has 0 bridgehead atoms. The number of hydrogen-bond donors (Lipinski definition) is 3. The highest BCUT2D eigenvalue weighted by Crippen LogP contribution is 2.19. The Kier molecular flexibility index (Phi) is 4.70. The smallest absolute Gasteiger partial charge is 0.326 e. The molecule has 2 unspecified atom stereocenters. The number of hydrogen-bond acceptors (Lipinski definition) is 4. The van der Waals surface area contributed by atoms with Gasteiger partial charge in [0, 0.05) is 13.0 Å². The van der Waals surface area contributed by atoms with Crippen LogP contribution in [0.5, 0.6) is 0 Å². The fourth-order valence-electron chi connectivity index (χ4n) is 1.68. The van der Waals surface area contributed by atoms with Crippen LogP contribution in [0.15, 0.2) is 0 Å². The first-order valence-corrected chi connectivity index (χ1v) is 5.30. The number of nitrogens with one attached hydrogen (secondary N) is 1. The van der Waals surface area contributed by atoms with E-state index in [0.717, 1.165) is 0 Å². The van der Waals surface area contributed by atoms with Crippen molar-refractivity contribution in [2.24, 2.45) is 5.92 Å². The number of aliphatic hydroxyl groups excluding tert-OH is 1. The average molecular weight is 231 g/mol. The minimum Gasteiger partial charge on any atom is -0.480 e. The summed E-state index contributed by atoms with van der Waals surface area (Å²) in [6.07, 6.45) is 0.665. The molecule has 1 rings (SSSR count). The van der Waals surface area contributed by atoms with Crippen LogP contribution >= 0.6 is 0 Å². The first-order valence-electron chi connectivity index (χ1n) is 5.30. The van der Waals surface area contributed by atoms with Gasteiger partial charge in [-0.1, -0.05) is 0 Å². The van der Waals surface area contributed by atoms with Crippen LogP contribution in [0.2, 0.25) is 0 Å². The molecule has 92 valence electrons. The normalized spacial score (nSPS) is 26.4. The minimum absolute atomic E-state index is 0.0181. The number of ether oxygens (including phenoxy) is 1. The van der Waals surface area contributed by atoms with Gasteiger partial charge in [-0.25, -0.2) is 4.79 Å². The Bertz CT molecular complexity index is 268. The number of carbonyl (C=O) groups excluding carboxylic acids is 1. The molecule has 1 heterocycles. The average Bonchev–Trinajstić information content (AvgIpc) is 2.64. The van der Waals surface area contributed by atoms with Gasteiger partial charge in [0.25, 0.3) is 0 Å². The van der Waals surface area contributed by atoms with Crippen molar-refractivity contribution >= 4 is 11.9 Å². The molecule has 0 radical (unpaired) electrons. The van der Waals surface area contributed by atoms with E-state index in [9.17, 15) is 9.59 Å². The quantitative estimate of drug-likeness (QED) is 0.585. The summed E-state index contributed by atoms with van der Waals surface area (Å²) in [7, 11) is 0. The van der Waals surface area contributed by atoms with E-state index in [1.807, 2.05) is 6.92 Å². The van der Waals surface area contributed by atoms with E-state index in [2.05, 4.69) is 5.32 Å². The molecule has 0 aromatic rings. The number of carboxylic acids is 1. The minimum atomic E-state index is -1.13. The van der Waals surface area contributed by atoms with Crippen LogP contribution in [-0.4, -0.2) is 47.4 Å². The van der Waals surface area contributed by atoms with Crippen LogP contribution in [0.3, 0.4) is 0 Å². The Labute approximate surface area is 93.6 Å². The number of carbonyl (C=O) groups is 2. The molecule has 1 aliphatic rings. The largest absolute Gasteiger partial charge is 0.480 e. The van der Waals surface area contributed by atoms with E-state index in [-0.39, 0.29) is 31.0 Å². The van der Waals surface area contributed by atoms with Gasteiger partial charge in [0.2, 0.25) is 5.91 Å². The first-order chi connectivity index (χ1) is 7.54. The fourth-order valence-corrected chi connectivity index (χ4v) is 1.68. The van der Waals surface area contributed by atoms with Crippen molar-refractivity contribution in [2.45, 2.75) is 31.9 Å². The maximum absolute atomic E-state index is 11.6. The molecule has 1 aliphatic heterocycles. The zero-order valence-electron chi connectivity index (χ0n) is 9.18. The van der Waals surface area contributed by atoms with Crippen molar-refractivity contribution in [3.63, 3.8) is 0 Å². The maximum atomic E-state index is 11.6. The topological polar surface area (TPSA) is 95.9 Å². The standard InChI is InChI=1S/C10H17NO5/c1-6-4-7(5-16-6)9(13)11-8(2-3-12)10(14)15/h6-8,12H,2-5H2,1H3,(H,11,13)(H,14,15)/t6?,7?,8-/m1/s1. The molecule has 6 nitrogen and oxygen atoms in total. The highest BCUT2D eigenvalue weighted by atomic mass is 16.5. The van der Waals surface area contributed by atoms with Gasteiger partial charge in [-0.15, -0.1) is 0 Å². The molecule has 3 atom stereocenters. The van der Waals surface area contributed by atoms with Crippen molar-refractivity contribution in [3.8, 4) is 0 Å². The van der Waals surface area contributed by atoms with Crippen LogP contribution < -0.4 is 5.32 Å². The highest BCUT2D eigenvalue weighted by Gasteiger charge is 2.30. The van der Waals surface area contributed by atoms with E-state index < -0.39 is 12.0 Å². The summed E-state index contributed by atoms with van der Waals surface area (Å²) in [5.41, 5.74) is 0. The zero-order chi connectivity index (χ0) is 12.1. The summed E-state index contributed by atoms with van der Waals surface area (Å²) in [4.78, 5) is 22.4. The monoisotopic (exact) mass is 231 g/mol. The van der Waals surface area contributed by atoms with Crippen molar-refractivity contribution in [1.29, 1.82) is 0 Å². The summed E-state index contributed by atoms with van der Waals surface area (Å²) in [5.74, 6) is -1.73. The molecule has 0 spiro atoms. The lowest BCUT2D eigenvalue weighted by molar-refractivity contribution is -0.142. The highest BCUT2D eigenvalue weighted by molar-refractivity contribution is 5.85. The molecule has 1 amide bonds. The molecule has 1 saturated heterocycles. The second kappa shape index (κ2) is 5.81. The molecule has 16 heavy (non-hydrogen) atoms. The summed E-state index contributed by atoms with van der Waals surface area (Å²) in [6, 6.07) is -1.02. The van der Waals surface area contributed by atoms with Gasteiger partial charge in [-0.3, -0.25) is 4.79 Å². The van der Waals surface area contributed by atoms with Crippen LogP contribution in [-0.2, 0) is 14.3 Å². The molecule has 3 N–H and O–H groups in total. The van der Waals surface area contributed by atoms with Crippen molar-refractivity contribution in [3.05, 3.63) is 0 Å². The lowest BCUT2D eigenvalue weighted by Gasteiger charge is -2.15. The number of carboxylic acid groups (broad SMARTS) is 1. The van der Waals surface area contributed by atoms with Gasteiger partial charge < -0.3 is 20.3 Å².